The summed E-state index contributed by atoms with van der Waals surface area (Å²) in [5.74, 6) is 0.00405. The molecule has 0 aromatic carbocycles. The van der Waals surface area contributed by atoms with Crippen LogP contribution in [0.15, 0.2) is 0 Å². The van der Waals surface area contributed by atoms with Crippen LogP contribution in [0.4, 0.5) is 0 Å². The van der Waals surface area contributed by atoms with Gasteiger partial charge in [-0.2, -0.15) is 5.26 Å². The molecule has 0 bridgehead atoms. The highest BCUT2D eigenvalue weighted by molar-refractivity contribution is 9.09. The molecule has 0 amide bonds. The van der Waals surface area contributed by atoms with Crippen LogP contribution in [0.1, 0.15) is 12.8 Å². The molecule has 0 aliphatic rings. The number of rotatable bonds is 3. The number of Topliss-reactive ketones (excluding diaryl/α,β-unsaturated/α-hetero) is 1. The molecule has 0 rings (SSSR count). The fourth-order valence-corrected chi connectivity index (χ4v) is 0.724. The third kappa shape index (κ3) is 3.82. The molecule has 0 N–H and O–H groups in total. The Labute approximate surface area is 56.6 Å². The van der Waals surface area contributed by atoms with Crippen molar-refractivity contribution in [2.75, 3.05) is 5.33 Å². The van der Waals surface area contributed by atoms with Gasteiger partial charge in [0.25, 0.3) is 0 Å². The summed E-state index contributed by atoms with van der Waals surface area (Å²) in [5.41, 5.74) is 0. The van der Waals surface area contributed by atoms with E-state index in [4.69, 9.17) is 5.26 Å². The van der Waals surface area contributed by atoms with Gasteiger partial charge in [0, 0.05) is 11.8 Å². The second-order valence-corrected chi connectivity index (χ2v) is 2.11. The summed E-state index contributed by atoms with van der Waals surface area (Å²) in [6.45, 7) is 0. The molecule has 2 nitrogen and oxygen atoms in total. The van der Waals surface area contributed by atoms with Crippen molar-refractivity contribution in [2.24, 2.45) is 0 Å². The molecule has 0 aliphatic heterocycles. The second-order valence-electron chi connectivity index (χ2n) is 1.31. The first kappa shape index (κ1) is 7.64. The van der Waals surface area contributed by atoms with Crippen molar-refractivity contribution in [3.63, 3.8) is 0 Å². The van der Waals surface area contributed by atoms with Gasteiger partial charge in [-0.1, -0.05) is 15.9 Å². The lowest BCUT2D eigenvalue weighted by Gasteiger charge is -1.84. The smallest absolute Gasteiger partial charge is 0.147 e. The molecule has 0 spiro atoms. The maximum absolute atomic E-state index is 10.4. The molecular weight excluding hydrogens is 170 g/mol. The van der Waals surface area contributed by atoms with Gasteiger partial charge in [0.05, 0.1) is 12.5 Å². The van der Waals surface area contributed by atoms with Crippen LogP contribution in [0.3, 0.4) is 0 Å². The highest BCUT2D eigenvalue weighted by atomic mass is 79.9. The zero-order chi connectivity index (χ0) is 6.41. The second kappa shape index (κ2) is 4.79. The number of nitrogens with zero attached hydrogens (tertiary/aromatic N) is 1. The molecule has 8 heavy (non-hydrogen) atoms. The van der Waals surface area contributed by atoms with Crippen LogP contribution in [0.5, 0.6) is 0 Å². The first-order valence-electron chi connectivity index (χ1n) is 2.26. The standard InChI is InChI=1S/C5H6BrNO/c6-3-1-5(8)2-4-7/h1-3H2. The molecular formula is C5H6BrNO. The topological polar surface area (TPSA) is 40.9 Å². The van der Waals surface area contributed by atoms with Gasteiger partial charge < -0.3 is 0 Å². The number of hydrogen-bond donors (Lipinski definition) is 0. The number of halogens is 1. The van der Waals surface area contributed by atoms with E-state index in [-0.39, 0.29) is 12.2 Å². The number of nitriles is 1. The van der Waals surface area contributed by atoms with Crippen LogP contribution in [0, 0.1) is 11.3 Å². The number of hydrogen-bond acceptors (Lipinski definition) is 2. The van der Waals surface area contributed by atoms with E-state index in [1.54, 1.807) is 6.07 Å². The molecule has 3 heteroatoms. The first-order chi connectivity index (χ1) is 3.81. The van der Waals surface area contributed by atoms with Gasteiger partial charge in [-0.15, -0.1) is 0 Å². The Bertz CT molecular complexity index is 116. The molecule has 0 radical (unpaired) electrons. The minimum atomic E-state index is 0.00405. The molecule has 44 valence electrons. The van der Waals surface area contributed by atoms with Gasteiger partial charge in [0.15, 0.2) is 0 Å². The van der Waals surface area contributed by atoms with Crippen LogP contribution < -0.4 is 0 Å². The Morgan fingerprint density at radius 2 is 2.38 bits per heavy atom. The highest BCUT2D eigenvalue weighted by Crippen LogP contribution is 1.91. The van der Waals surface area contributed by atoms with Gasteiger partial charge in [-0.3, -0.25) is 4.79 Å². The summed E-state index contributed by atoms with van der Waals surface area (Å²) in [7, 11) is 0. The summed E-state index contributed by atoms with van der Waals surface area (Å²) in [4.78, 5) is 10.4. The average molecular weight is 176 g/mol. The quantitative estimate of drug-likeness (QED) is 0.607. The van der Waals surface area contributed by atoms with Gasteiger partial charge in [-0.25, -0.2) is 0 Å². The monoisotopic (exact) mass is 175 g/mol. The summed E-state index contributed by atoms with van der Waals surface area (Å²) < 4.78 is 0. The maximum atomic E-state index is 10.4. The lowest BCUT2D eigenvalue weighted by molar-refractivity contribution is -0.117. The molecule has 0 unspecified atom stereocenters. The van der Waals surface area contributed by atoms with E-state index in [1.165, 1.54) is 0 Å². The molecule has 0 aliphatic carbocycles. The first-order valence-corrected chi connectivity index (χ1v) is 3.38. The van der Waals surface area contributed by atoms with Gasteiger partial charge in [0.2, 0.25) is 0 Å². The average Bonchev–Trinajstić information content (AvgIpc) is 1.68. The molecule has 0 fully saturated rings. The van der Waals surface area contributed by atoms with Crippen LogP contribution in [-0.4, -0.2) is 11.1 Å². The lowest BCUT2D eigenvalue weighted by atomic mass is 10.2. The summed E-state index contributed by atoms with van der Waals surface area (Å²) in [6, 6.07) is 1.78. The Hall–Kier alpha value is -0.360. The van der Waals surface area contributed by atoms with E-state index >= 15 is 0 Å². The number of ketones is 1. The van der Waals surface area contributed by atoms with E-state index in [1.807, 2.05) is 0 Å². The van der Waals surface area contributed by atoms with Crippen molar-refractivity contribution in [1.82, 2.24) is 0 Å². The minimum Gasteiger partial charge on any atom is -0.299 e. The summed E-state index contributed by atoms with van der Waals surface area (Å²) in [5, 5.41) is 8.64. The van der Waals surface area contributed by atoms with Gasteiger partial charge in [-0.05, 0) is 0 Å². The maximum Gasteiger partial charge on any atom is 0.147 e. The Balaban J connectivity index is 3.23. The number of carbonyl (C=O) groups excluding carboxylic acids is 1. The zero-order valence-electron chi connectivity index (χ0n) is 4.35. The number of carbonyl (C=O) groups is 1. The van der Waals surface area contributed by atoms with Crippen LogP contribution in [0.25, 0.3) is 0 Å². The van der Waals surface area contributed by atoms with Crippen LogP contribution >= 0.6 is 15.9 Å². The zero-order valence-corrected chi connectivity index (χ0v) is 5.94. The van der Waals surface area contributed by atoms with E-state index < -0.39 is 0 Å². The van der Waals surface area contributed by atoms with Crippen molar-refractivity contribution >= 4 is 21.7 Å². The van der Waals surface area contributed by atoms with Crippen molar-refractivity contribution < 1.29 is 4.79 Å². The van der Waals surface area contributed by atoms with Crippen molar-refractivity contribution in [3.8, 4) is 6.07 Å². The largest absolute Gasteiger partial charge is 0.299 e. The SMILES string of the molecule is N#CCC(=O)CCBr. The Morgan fingerprint density at radius 1 is 1.75 bits per heavy atom. The van der Waals surface area contributed by atoms with Crippen molar-refractivity contribution in [2.45, 2.75) is 12.8 Å². The minimum absolute atomic E-state index is 0.00405. The van der Waals surface area contributed by atoms with Gasteiger partial charge in [0.1, 0.15) is 5.78 Å². The van der Waals surface area contributed by atoms with Crippen molar-refractivity contribution in [3.05, 3.63) is 0 Å². The fourth-order valence-electron chi connectivity index (χ4n) is 0.282. The molecule has 0 aromatic rings. The van der Waals surface area contributed by atoms with E-state index in [9.17, 15) is 4.79 Å². The summed E-state index contributed by atoms with van der Waals surface area (Å²) >= 11 is 3.09. The molecule has 0 aromatic heterocycles. The third-order valence-corrected chi connectivity index (χ3v) is 1.05. The van der Waals surface area contributed by atoms with Crippen LogP contribution in [0.2, 0.25) is 0 Å². The normalized spacial score (nSPS) is 8.00. The van der Waals surface area contributed by atoms with Crippen molar-refractivity contribution in [1.29, 1.82) is 5.26 Å². The number of alkyl halides is 1. The summed E-state index contributed by atoms with van der Waals surface area (Å²) in [6.07, 6.45) is 0.513. The third-order valence-electron chi connectivity index (χ3n) is 0.650. The molecule has 0 heterocycles. The van der Waals surface area contributed by atoms with E-state index in [2.05, 4.69) is 15.9 Å². The molecule has 0 saturated heterocycles. The molecule has 0 saturated carbocycles. The van der Waals surface area contributed by atoms with E-state index in [0.29, 0.717) is 11.8 Å². The Morgan fingerprint density at radius 3 is 2.75 bits per heavy atom. The predicted molar refractivity (Wildman–Crippen MR) is 33.6 cm³/mol. The van der Waals surface area contributed by atoms with Crippen LogP contribution in [-0.2, 0) is 4.79 Å². The Kier molecular flexibility index (Phi) is 4.58. The van der Waals surface area contributed by atoms with Gasteiger partial charge >= 0.3 is 0 Å². The highest BCUT2D eigenvalue weighted by Gasteiger charge is 1.96. The predicted octanol–water partition coefficient (Wildman–Crippen LogP) is 1.25. The fraction of sp³-hybridized carbons (Fsp3) is 0.600. The molecule has 0 atom stereocenters. The van der Waals surface area contributed by atoms with E-state index in [0.717, 1.165) is 0 Å². The lowest BCUT2D eigenvalue weighted by Crippen LogP contribution is -1.94.